The fraction of sp³-hybridized carbons (Fsp3) is 0.364. The summed E-state index contributed by atoms with van der Waals surface area (Å²) < 4.78 is 34.3. The molecule has 2 aromatic carbocycles. The lowest BCUT2D eigenvalue weighted by molar-refractivity contribution is -0.0440. The number of sulfonamides is 1. The molecule has 1 fully saturated rings. The molecular formula is C22H25N3O4S2. The van der Waals surface area contributed by atoms with Crippen molar-refractivity contribution < 1.29 is 17.9 Å². The molecule has 1 N–H and O–H groups in total. The maximum absolute atomic E-state index is 13.1. The first-order valence-corrected chi connectivity index (χ1v) is 12.4. The summed E-state index contributed by atoms with van der Waals surface area (Å²) in [5.41, 5.74) is 2.38. The van der Waals surface area contributed by atoms with Crippen LogP contribution in [0.25, 0.3) is 10.2 Å². The summed E-state index contributed by atoms with van der Waals surface area (Å²) in [7, 11) is -3.70. The minimum absolute atomic E-state index is 0.0356. The van der Waals surface area contributed by atoms with Crippen molar-refractivity contribution in [2.24, 2.45) is 0 Å². The van der Waals surface area contributed by atoms with E-state index in [1.165, 1.54) is 27.8 Å². The van der Waals surface area contributed by atoms with Crippen LogP contribution >= 0.6 is 11.3 Å². The van der Waals surface area contributed by atoms with Crippen LogP contribution in [0, 0.1) is 6.92 Å². The quantitative estimate of drug-likeness (QED) is 0.566. The average Bonchev–Trinajstić information content (AvgIpc) is 3.13. The van der Waals surface area contributed by atoms with E-state index in [1.54, 1.807) is 12.1 Å². The smallest absolute Gasteiger partial charge is 0.243 e. The zero-order valence-corrected chi connectivity index (χ0v) is 19.3. The molecule has 0 spiro atoms. The molecule has 9 heteroatoms. The highest BCUT2D eigenvalue weighted by Gasteiger charge is 2.32. The standard InChI is InChI=1S/C22H25N3O4S2/c1-14-7-8-19-21(9-14)30-22(24-19)23-11-20(26)17-5-4-6-18(10-17)31(27,28)25-12-15(2)29-16(3)13-25/h4-10,15-16H,11-13H2,1-3H3,(H,23,24). The molecule has 3 aromatic rings. The molecule has 0 aliphatic carbocycles. The third kappa shape index (κ3) is 4.79. The second kappa shape index (κ2) is 8.66. The Morgan fingerprint density at radius 2 is 1.94 bits per heavy atom. The van der Waals surface area contributed by atoms with Gasteiger partial charge in [0.05, 0.1) is 33.9 Å². The highest BCUT2D eigenvalue weighted by molar-refractivity contribution is 7.89. The Morgan fingerprint density at radius 3 is 2.68 bits per heavy atom. The average molecular weight is 460 g/mol. The molecule has 1 aromatic heterocycles. The Morgan fingerprint density at radius 1 is 1.19 bits per heavy atom. The van der Waals surface area contributed by atoms with E-state index in [9.17, 15) is 13.2 Å². The number of ether oxygens (including phenoxy) is 1. The van der Waals surface area contributed by atoms with Crippen molar-refractivity contribution in [3.63, 3.8) is 0 Å². The number of aryl methyl sites for hydroxylation is 1. The molecule has 7 nitrogen and oxygen atoms in total. The summed E-state index contributed by atoms with van der Waals surface area (Å²) in [5.74, 6) is -0.198. The SMILES string of the molecule is Cc1ccc2nc(NCC(=O)c3cccc(S(=O)(=O)N4CC(C)OC(C)C4)c3)sc2c1. The fourth-order valence-electron chi connectivity index (χ4n) is 3.67. The molecule has 0 radical (unpaired) electrons. The maximum Gasteiger partial charge on any atom is 0.243 e. The first-order chi connectivity index (χ1) is 14.7. The lowest BCUT2D eigenvalue weighted by atomic mass is 10.1. The number of ketones is 1. The molecule has 0 amide bonds. The van der Waals surface area contributed by atoms with E-state index in [-0.39, 0.29) is 29.4 Å². The molecule has 0 saturated carbocycles. The maximum atomic E-state index is 13.1. The van der Waals surface area contributed by atoms with Gasteiger partial charge < -0.3 is 10.1 Å². The van der Waals surface area contributed by atoms with Crippen molar-refractivity contribution in [2.45, 2.75) is 37.9 Å². The molecular weight excluding hydrogens is 434 g/mol. The number of Topliss-reactive ketones (excluding diaryl/α,β-unsaturated/α-hetero) is 1. The number of carbonyl (C=O) groups excluding carboxylic acids is 1. The van der Waals surface area contributed by atoms with E-state index in [1.807, 2.05) is 32.9 Å². The largest absolute Gasteiger partial charge is 0.373 e. The van der Waals surface area contributed by atoms with E-state index in [4.69, 9.17) is 4.74 Å². The monoisotopic (exact) mass is 459 g/mol. The summed E-state index contributed by atoms with van der Waals surface area (Å²) in [6.07, 6.45) is -0.352. The summed E-state index contributed by atoms with van der Waals surface area (Å²) in [6.45, 7) is 6.36. The molecule has 31 heavy (non-hydrogen) atoms. The first-order valence-electron chi connectivity index (χ1n) is 10.1. The number of nitrogens with zero attached hydrogens (tertiary/aromatic N) is 2. The molecule has 2 unspecified atom stereocenters. The van der Waals surface area contributed by atoms with Gasteiger partial charge in [-0.2, -0.15) is 4.31 Å². The van der Waals surface area contributed by atoms with Gasteiger partial charge in [0, 0.05) is 18.7 Å². The number of benzene rings is 2. The summed E-state index contributed by atoms with van der Waals surface area (Å²) in [4.78, 5) is 17.3. The molecule has 1 aliphatic rings. The second-order valence-corrected chi connectivity index (χ2v) is 10.8. The number of rotatable bonds is 6. The number of aromatic nitrogens is 1. The number of carbonyl (C=O) groups is 1. The topological polar surface area (TPSA) is 88.6 Å². The van der Waals surface area contributed by atoms with Crippen LogP contribution in [0.1, 0.15) is 29.8 Å². The van der Waals surface area contributed by atoms with Crippen LogP contribution in [0.5, 0.6) is 0 Å². The van der Waals surface area contributed by atoms with Gasteiger partial charge in [-0.25, -0.2) is 13.4 Å². The van der Waals surface area contributed by atoms with Crippen molar-refractivity contribution >= 4 is 42.5 Å². The van der Waals surface area contributed by atoms with Crippen molar-refractivity contribution in [1.29, 1.82) is 0 Å². The Kier molecular flexibility index (Phi) is 6.11. The van der Waals surface area contributed by atoms with Crippen LogP contribution in [0.3, 0.4) is 0 Å². The van der Waals surface area contributed by atoms with Crippen molar-refractivity contribution in [1.82, 2.24) is 9.29 Å². The van der Waals surface area contributed by atoms with Crippen LogP contribution in [0.2, 0.25) is 0 Å². The zero-order chi connectivity index (χ0) is 22.2. The minimum Gasteiger partial charge on any atom is -0.373 e. The van der Waals surface area contributed by atoms with Gasteiger partial charge in [0.1, 0.15) is 0 Å². The molecule has 164 valence electrons. The van der Waals surface area contributed by atoms with E-state index in [0.29, 0.717) is 23.8 Å². The number of fused-ring (bicyclic) bond motifs is 1. The van der Waals surface area contributed by atoms with Crippen molar-refractivity contribution in [3.05, 3.63) is 53.6 Å². The molecule has 4 rings (SSSR count). The highest BCUT2D eigenvalue weighted by Crippen LogP contribution is 2.27. The van der Waals surface area contributed by atoms with Crippen LogP contribution in [-0.4, -0.2) is 55.3 Å². The van der Waals surface area contributed by atoms with E-state index < -0.39 is 10.0 Å². The molecule has 0 bridgehead atoms. The third-order valence-corrected chi connectivity index (χ3v) is 7.93. The van der Waals surface area contributed by atoms with E-state index in [2.05, 4.69) is 16.4 Å². The number of thiazole rings is 1. The van der Waals surface area contributed by atoms with Gasteiger partial charge >= 0.3 is 0 Å². The fourth-order valence-corrected chi connectivity index (χ4v) is 6.27. The second-order valence-electron chi connectivity index (χ2n) is 7.87. The van der Waals surface area contributed by atoms with Crippen LogP contribution < -0.4 is 5.32 Å². The van der Waals surface area contributed by atoms with Gasteiger partial charge in [-0.15, -0.1) is 0 Å². The van der Waals surface area contributed by atoms with Gasteiger partial charge in [-0.05, 0) is 50.6 Å². The minimum atomic E-state index is -3.70. The van der Waals surface area contributed by atoms with Gasteiger partial charge in [0.25, 0.3) is 0 Å². The third-order valence-electron chi connectivity index (χ3n) is 5.12. The summed E-state index contributed by atoms with van der Waals surface area (Å²) in [5, 5.41) is 3.73. The number of nitrogens with one attached hydrogen (secondary N) is 1. The summed E-state index contributed by atoms with van der Waals surface area (Å²) in [6, 6.07) is 12.2. The van der Waals surface area contributed by atoms with Gasteiger partial charge in [-0.3, -0.25) is 4.79 Å². The molecule has 2 atom stereocenters. The number of hydrogen-bond donors (Lipinski definition) is 1. The van der Waals surface area contributed by atoms with Crippen LogP contribution in [-0.2, 0) is 14.8 Å². The molecule has 2 heterocycles. The van der Waals surface area contributed by atoms with E-state index >= 15 is 0 Å². The lowest BCUT2D eigenvalue weighted by Gasteiger charge is -2.34. The number of morpholine rings is 1. The number of hydrogen-bond acceptors (Lipinski definition) is 7. The molecule has 1 aliphatic heterocycles. The van der Waals surface area contributed by atoms with Crippen molar-refractivity contribution in [3.8, 4) is 0 Å². The lowest BCUT2D eigenvalue weighted by Crippen LogP contribution is -2.48. The van der Waals surface area contributed by atoms with Gasteiger partial charge in [0.2, 0.25) is 10.0 Å². The Hall–Kier alpha value is -2.33. The van der Waals surface area contributed by atoms with E-state index in [0.717, 1.165) is 15.8 Å². The molecule has 1 saturated heterocycles. The van der Waals surface area contributed by atoms with Crippen molar-refractivity contribution in [2.75, 3.05) is 25.0 Å². The Bertz CT molecular complexity index is 1210. The Balaban J connectivity index is 1.48. The highest BCUT2D eigenvalue weighted by atomic mass is 32.2. The predicted octanol–water partition coefficient (Wildman–Crippen LogP) is 3.70. The summed E-state index contributed by atoms with van der Waals surface area (Å²) >= 11 is 1.49. The normalized spacial score (nSPS) is 20.1. The number of anilines is 1. The van der Waals surface area contributed by atoms with Gasteiger partial charge in [-0.1, -0.05) is 29.5 Å². The zero-order valence-electron chi connectivity index (χ0n) is 17.7. The Labute approximate surface area is 186 Å². The van der Waals surface area contributed by atoms with Crippen LogP contribution in [0.4, 0.5) is 5.13 Å². The first kappa shape index (κ1) is 21.9. The van der Waals surface area contributed by atoms with Crippen LogP contribution in [0.15, 0.2) is 47.4 Å². The van der Waals surface area contributed by atoms with Gasteiger partial charge in [0.15, 0.2) is 10.9 Å². The predicted molar refractivity (Wildman–Crippen MR) is 122 cm³/mol.